The van der Waals surface area contributed by atoms with Gasteiger partial charge >= 0.3 is 5.97 Å². The number of hydrogen-bond acceptors (Lipinski definition) is 3. The number of carboxylic acid groups (broad SMARTS) is 1. The van der Waals surface area contributed by atoms with Crippen LogP contribution in [0, 0.1) is 6.92 Å². The van der Waals surface area contributed by atoms with Crippen LogP contribution in [0.3, 0.4) is 0 Å². The van der Waals surface area contributed by atoms with Gasteiger partial charge < -0.3 is 14.7 Å². The standard InChI is InChI=1S/C22H27NO3/c1-18-9-11-20(12-10-18)26-22(21(24)25)13-16-23(17-14-22)15-5-8-19-6-3-2-4-7-19/h2-4,6-7,9-12H,5,8,13-17H2,1H3,(H,24,25). The molecular weight excluding hydrogens is 326 g/mol. The Balaban J connectivity index is 1.52. The molecule has 1 N–H and O–H groups in total. The van der Waals surface area contributed by atoms with E-state index in [4.69, 9.17) is 4.74 Å². The average Bonchev–Trinajstić information content (AvgIpc) is 2.66. The molecule has 0 bridgehead atoms. The molecule has 0 saturated carbocycles. The highest BCUT2D eigenvalue weighted by molar-refractivity contribution is 5.78. The third-order valence-electron chi connectivity index (χ3n) is 5.17. The lowest BCUT2D eigenvalue weighted by Crippen LogP contribution is -2.53. The van der Waals surface area contributed by atoms with Crippen LogP contribution >= 0.6 is 0 Å². The van der Waals surface area contributed by atoms with Crippen LogP contribution in [0.2, 0.25) is 0 Å². The van der Waals surface area contributed by atoms with Crippen molar-refractivity contribution in [1.29, 1.82) is 0 Å². The van der Waals surface area contributed by atoms with Gasteiger partial charge in [0.1, 0.15) is 5.75 Å². The van der Waals surface area contributed by atoms with E-state index in [1.165, 1.54) is 5.56 Å². The number of aliphatic carboxylic acids is 1. The molecule has 1 saturated heterocycles. The summed E-state index contributed by atoms with van der Waals surface area (Å²) in [6.07, 6.45) is 3.17. The van der Waals surface area contributed by atoms with Gasteiger partial charge in [-0.15, -0.1) is 0 Å². The number of hydrogen-bond donors (Lipinski definition) is 1. The number of nitrogens with zero attached hydrogens (tertiary/aromatic N) is 1. The number of aryl methyl sites for hydroxylation is 2. The Labute approximate surface area is 155 Å². The Bertz CT molecular complexity index is 704. The van der Waals surface area contributed by atoms with Gasteiger partial charge in [-0.1, -0.05) is 48.0 Å². The van der Waals surface area contributed by atoms with Crippen LogP contribution in [0.4, 0.5) is 0 Å². The van der Waals surface area contributed by atoms with Crippen molar-refractivity contribution in [2.24, 2.45) is 0 Å². The van der Waals surface area contributed by atoms with E-state index in [0.717, 1.165) is 38.0 Å². The van der Waals surface area contributed by atoms with Gasteiger partial charge in [-0.05, 0) is 44.0 Å². The summed E-state index contributed by atoms with van der Waals surface area (Å²) in [6.45, 7) is 4.51. The Morgan fingerprint density at radius 1 is 1.08 bits per heavy atom. The number of ether oxygens (including phenoxy) is 1. The second kappa shape index (κ2) is 8.37. The zero-order valence-corrected chi connectivity index (χ0v) is 15.4. The molecular formula is C22H27NO3. The first-order valence-electron chi connectivity index (χ1n) is 9.33. The summed E-state index contributed by atoms with van der Waals surface area (Å²) in [4.78, 5) is 14.3. The molecule has 0 amide bonds. The van der Waals surface area contributed by atoms with E-state index >= 15 is 0 Å². The van der Waals surface area contributed by atoms with Gasteiger partial charge in [0.15, 0.2) is 0 Å². The van der Waals surface area contributed by atoms with Gasteiger partial charge in [0.25, 0.3) is 0 Å². The summed E-state index contributed by atoms with van der Waals surface area (Å²) in [5, 5.41) is 9.77. The predicted molar refractivity (Wildman–Crippen MR) is 103 cm³/mol. The molecule has 2 aromatic carbocycles. The largest absolute Gasteiger partial charge is 0.478 e. The van der Waals surface area contributed by atoms with E-state index in [1.54, 1.807) is 0 Å². The minimum Gasteiger partial charge on any atom is -0.478 e. The average molecular weight is 353 g/mol. The van der Waals surface area contributed by atoms with Crippen molar-refractivity contribution < 1.29 is 14.6 Å². The highest BCUT2D eigenvalue weighted by Gasteiger charge is 2.43. The molecule has 1 aliphatic rings. The highest BCUT2D eigenvalue weighted by atomic mass is 16.5. The Hall–Kier alpha value is -2.33. The van der Waals surface area contributed by atoms with Crippen molar-refractivity contribution in [3.8, 4) is 5.75 Å². The third-order valence-corrected chi connectivity index (χ3v) is 5.17. The normalized spacial score (nSPS) is 17.0. The van der Waals surface area contributed by atoms with Crippen LogP contribution in [0.1, 0.15) is 30.4 Å². The molecule has 0 spiro atoms. The highest BCUT2D eigenvalue weighted by Crippen LogP contribution is 2.29. The number of carboxylic acids is 1. The monoisotopic (exact) mass is 353 g/mol. The van der Waals surface area contributed by atoms with Crippen molar-refractivity contribution in [3.05, 3.63) is 65.7 Å². The fourth-order valence-electron chi connectivity index (χ4n) is 3.48. The molecule has 2 aromatic rings. The van der Waals surface area contributed by atoms with Crippen LogP contribution < -0.4 is 4.74 Å². The van der Waals surface area contributed by atoms with Crippen LogP contribution in [0.5, 0.6) is 5.75 Å². The van der Waals surface area contributed by atoms with Crippen LogP contribution in [-0.4, -0.2) is 41.2 Å². The maximum Gasteiger partial charge on any atom is 0.348 e. The van der Waals surface area contributed by atoms with Crippen LogP contribution in [0.15, 0.2) is 54.6 Å². The fourth-order valence-corrected chi connectivity index (χ4v) is 3.48. The van der Waals surface area contributed by atoms with E-state index in [2.05, 4.69) is 29.2 Å². The van der Waals surface area contributed by atoms with E-state index in [0.29, 0.717) is 18.6 Å². The lowest BCUT2D eigenvalue weighted by molar-refractivity contribution is -0.159. The molecule has 0 aromatic heterocycles. The molecule has 0 atom stereocenters. The van der Waals surface area contributed by atoms with Gasteiger partial charge in [0.05, 0.1) is 0 Å². The summed E-state index contributed by atoms with van der Waals surface area (Å²) in [5.74, 6) is -0.225. The third kappa shape index (κ3) is 4.64. The predicted octanol–water partition coefficient (Wildman–Crippen LogP) is 3.93. The summed E-state index contributed by atoms with van der Waals surface area (Å²) >= 11 is 0. The van der Waals surface area contributed by atoms with Gasteiger partial charge in [0.2, 0.25) is 5.60 Å². The van der Waals surface area contributed by atoms with E-state index in [1.807, 2.05) is 37.3 Å². The first-order chi connectivity index (χ1) is 12.6. The molecule has 3 rings (SSSR count). The van der Waals surface area contributed by atoms with Crippen molar-refractivity contribution >= 4 is 5.97 Å². The smallest absolute Gasteiger partial charge is 0.348 e. The maximum atomic E-state index is 11.9. The second-order valence-corrected chi connectivity index (χ2v) is 7.15. The van der Waals surface area contributed by atoms with Gasteiger partial charge in [-0.25, -0.2) is 4.79 Å². The van der Waals surface area contributed by atoms with E-state index < -0.39 is 11.6 Å². The Morgan fingerprint density at radius 3 is 2.35 bits per heavy atom. The molecule has 26 heavy (non-hydrogen) atoms. The first-order valence-corrected chi connectivity index (χ1v) is 9.33. The minimum atomic E-state index is -1.11. The van der Waals surface area contributed by atoms with Crippen molar-refractivity contribution in [2.45, 2.75) is 38.2 Å². The minimum absolute atomic E-state index is 0.515. The first kappa shape index (κ1) is 18.5. The SMILES string of the molecule is Cc1ccc(OC2(C(=O)O)CCN(CCCc3ccccc3)CC2)cc1. The van der Waals surface area contributed by atoms with Crippen molar-refractivity contribution in [3.63, 3.8) is 0 Å². The number of piperidine rings is 1. The van der Waals surface area contributed by atoms with Crippen LogP contribution in [-0.2, 0) is 11.2 Å². The summed E-state index contributed by atoms with van der Waals surface area (Å²) < 4.78 is 5.96. The van der Waals surface area contributed by atoms with Crippen molar-refractivity contribution in [2.75, 3.05) is 19.6 Å². The molecule has 4 heteroatoms. The van der Waals surface area contributed by atoms with Gasteiger partial charge in [-0.2, -0.15) is 0 Å². The fraction of sp³-hybridized carbons (Fsp3) is 0.409. The molecule has 0 radical (unpaired) electrons. The molecule has 138 valence electrons. The molecule has 4 nitrogen and oxygen atoms in total. The second-order valence-electron chi connectivity index (χ2n) is 7.15. The Morgan fingerprint density at radius 2 is 1.73 bits per heavy atom. The lowest BCUT2D eigenvalue weighted by atomic mass is 9.90. The summed E-state index contributed by atoms with van der Waals surface area (Å²) in [7, 11) is 0. The number of benzene rings is 2. The zero-order valence-electron chi connectivity index (χ0n) is 15.4. The van der Waals surface area contributed by atoms with Crippen LogP contribution in [0.25, 0.3) is 0 Å². The Kier molecular flexibility index (Phi) is 5.94. The van der Waals surface area contributed by atoms with Gasteiger partial charge in [-0.3, -0.25) is 0 Å². The number of rotatable bonds is 7. The lowest BCUT2D eigenvalue weighted by Gasteiger charge is -2.39. The molecule has 0 aliphatic carbocycles. The topological polar surface area (TPSA) is 49.8 Å². The van der Waals surface area contributed by atoms with E-state index in [-0.39, 0.29) is 0 Å². The zero-order chi connectivity index (χ0) is 18.4. The number of likely N-dealkylation sites (tertiary alicyclic amines) is 1. The van der Waals surface area contributed by atoms with E-state index in [9.17, 15) is 9.90 Å². The molecule has 1 heterocycles. The number of carbonyl (C=O) groups is 1. The summed E-state index contributed by atoms with van der Waals surface area (Å²) in [6, 6.07) is 18.1. The molecule has 1 fully saturated rings. The van der Waals surface area contributed by atoms with Crippen molar-refractivity contribution in [1.82, 2.24) is 4.90 Å². The molecule has 1 aliphatic heterocycles. The maximum absolute atomic E-state index is 11.9. The summed E-state index contributed by atoms with van der Waals surface area (Å²) in [5.41, 5.74) is 1.38. The quantitative estimate of drug-likeness (QED) is 0.819. The molecule has 0 unspecified atom stereocenters. The van der Waals surface area contributed by atoms with Gasteiger partial charge in [0, 0.05) is 25.9 Å².